The van der Waals surface area contributed by atoms with Crippen LogP contribution in [-0.2, 0) is 0 Å². The number of nitrogens with zero attached hydrogens (tertiary/aromatic N) is 3. The Morgan fingerprint density at radius 3 is 3.00 bits per heavy atom. The van der Waals surface area contributed by atoms with E-state index in [9.17, 15) is 9.18 Å². The van der Waals surface area contributed by atoms with Crippen molar-refractivity contribution in [1.29, 1.82) is 0 Å². The molecule has 2 aromatic heterocycles. The van der Waals surface area contributed by atoms with E-state index in [0.717, 1.165) is 24.3 Å². The lowest BCUT2D eigenvalue weighted by atomic mass is 10.0. The molecule has 3 heterocycles. The van der Waals surface area contributed by atoms with E-state index < -0.39 is 0 Å². The second-order valence-corrected chi connectivity index (χ2v) is 7.63. The average Bonchev–Trinajstić information content (AvgIpc) is 3.31. The van der Waals surface area contributed by atoms with Gasteiger partial charge in [-0.25, -0.2) is 14.1 Å². The molecule has 0 radical (unpaired) electrons. The van der Waals surface area contributed by atoms with Crippen LogP contribution in [0.2, 0.25) is 0 Å². The number of rotatable bonds is 4. The molecule has 1 aromatic carbocycles. The molecule has 8 heteroatoms. The molecule has 1 aliphatic heterocycles. The van der Waals surface area contributed by atoms with Crippen LogP contribution < -0.4 is 10.6 Å². The van der Waals surface area contributed by atoms with Crippen molar-refractivity contribution in [3.8, 4) is 16.4 Å². The minimum absolute atomic E-state index is 0.0915. The third kappa shape index (κ3) is 3.91. The Morgan fingerprint density at radius 2 is 2.26 bits per heavy atom. The Hall–Kier alpha value is -2.58. The number of aromatic nitrogens is 3. The van der Waals surface area contributed by atoms with Crippen LogP contribution in [-0.4, -0.2) is 39.3 Å². The van der Waals surface area contributed by atoms with Gasteiger partial charge in [-0.2, -0.15) is 0 Å². The van der Waals surface area contributed by atoms with Crippen molar-refractivity contribution >= 4 is 17.2 Å². The molecule has 0 bridgehead atoms. The Balaban J connectivity index is 1.66. The SMILES string of the molecule is CC1CC(NC(=O)c2nc(-c3cccs3)n(-c3cccc(F)c3)n2)CCN1. The standard InChI is InChI=1S/C19H20FN5OS/c1-12-10-14(7-8-21-12)22-19(26)17-23-18(16-6-3-9-27-16)25(24-17)15-5-2-4-13(20)11-15/h2-6,9,11-12,14,21H,7-8,10H2,1H3,(H,22,26). The average molecular weight is 385 g/mol. The molecule has 2 unspecified atom stereocenters. The van der Waals surface area contributed by atoms with E-state index >= 15 is 0 Å². The molecule has 0 saturated carbocycles. The molecule has 1 saturated heterocycles. The molecule has 6 nitrogen and oxygen atoms in total. The number of thiophene rings is 1. The summed E-state index contributed by atoms with van der Waals surface area (Å²) in [5.41, 5.74) is 0.528. The summed E-state index contributed by atoms with van der Waals surface area (Å²) in [5.74, 6) is -0.0508. The van der Waals surface area contributed by atoms with Gasteiger partial charge in [-0.15, -0.1) is 16.4 Å². The first-order valence-electron chi connectivity index (χ1n) is 8.91. The van der Waals surface area contributed by atoms with Gasteiger partial charge >= 0.3 is 0 Å². The number of piperidine rings is 1. The summed E-state index contributed by atoms with van der Waals surface area (Å²) in [5, 5.41) is 12.7. The van der Waals surface area contributed by atoms with Crippen LogP contribution in [0.15, 0.2) is 41.8 Å². The van der Waals surface area contributed by atoms with Gasteiger partial charge in [0.15, 0.2) is 5.82 Å². The smallest absolute Gasteiger partial charge is 0.291 e. The number of halogens is 1. The molecule has 140 valence electrons. The van der Waals surface area contributed by atoms with Crippen LogP contribution >= 0.6 is 11.3 Å². The zero-order chi connectivity index (χ0) is 18.8. The van der Waals surface area contributed by atoms with Crippen LogP contribution in [0, 0.1) is 5.82 Å². The summed E-state index contributed by atoms with van der Waals surface area (Å²) in [6.45, 7) is 2.97. The van der Waals surface area contributed by atoms with Gasteiger partial charge in [0, 0.05) is 12.1 Å². The normalized spacial score (nSPS) is 19.8. The largest absolute Gasteiger partial charge is 0.346 e. The molecule has 1 amide bonds. The first-order valence-corrected chi connectivity index (χ1v) is 9.79. The fraction of sp³-hybridized carbons (Fsp3) is 0.316. The Bertz CT molecular complexity index is 939. The van der Waals surface area contributed by atoms with E-state index in [0.29, 0.717) is 17.6 Å². The number of carbonyl (C=O) groups is 1. The van der Waals surface area contributed by atoms with Crippen LogP contribution in [0.25, 0.3) is 16.4 Å². The highest BCUT2D eigenvalue weighted by molar-refractivity contribution is 7.13. The fourth-order valence-corrected chi connectivity index (χ4v) is 3.97. The number of hydrogen-bond acceptors (Lipinski definition) is 5. The summed E-state index contributed by atoms with van der Waals surface area (Å²) < 4.78 is 15.2. The van der Waals surface area contributed by atoms with Crippen LogP contribution in [0.4, 0.5) is 4.39 Å². The number of benzene rings is 1. The maximum absolute atomic E-state index is 13.7. The minimum atomic E-state index is -0.366. The van der Waals surface area contributed by atoms with Crippen molar-refractivity contribution in [1.82, 2.24) is 25.4 Å². The number of nitrogens with one attached hydrogen (secondary N) is 2. The Morgan fingerprint density at radius 1 is 1.37 bits per heavy atom. The van der Waals surface area contributed by atoms with Gasteiger partial charge < -0.3 is 10.6 Å². The number of hydrogen-bond donors (Lipinski definition) is 2. The third-order valence-corrected chi connectivity index (χ3v) is 5.43. The first kappa shape index (κ1) is 17.8. The molecule has 4 rings (SSSR count). The van der Waals surface area contributed by atoms with E-state index in [1.165, 1.54) is 28.2 Å². The van der Waals surface area contributed by atoms with E-state index in [4.69, 9.17) is 0 Å². The van der Waals surface area contributed by atoms with Crippen molar-refractivity contribution in [3.05, 3.63) is 53.4 Å². The van der Waals surface area contributed by atoms with Gasteiger partial charge in [0.05, 0.1) is 10.6 Å². The highest BCUT2D eigenvalue weighted by Crippen LogP contribution is 2.26. The molecule has 27 heavy (non-hydrogen) atoms. The van der Waals surface area contributed by atoms with E-state index in [2.05, 4.69) is 27.6 Å². The van der Waals surface area contributed by atoms with E-state index in [1.807, 2.05) is 17.5 Å². The van der Waals surface area contributed by atoms with E-state index in [-0.39, 0.29) is 23.6 Å². The molecule has 2 N–H and O–H groups in total. The lowest BCUT2D eigenvalue weighted by Gasteiger charge is -2.28. The second-order valence-electron chi connectivity index (χ2n) is 6.68. The predicted molar refractivity (Wildman–Crippen MR) is 103 cm³/mol. The molecular formula is C19H20FN5OS. The monoisotopic (exact) mass is 385 g/mol. The molecular weight excluding hydrogens is 365 g/mol. The lowest BCUT2D eigenvalue weighted by molar-refractivity contribution is 0.0915. The summed E-state index contributed by atoms with van der Waals surface area (Å²) >= 11 is 1.49. The maximum Gasteiger partial charge on any atom is 0.291 e. The molecule has 0 aliphatic carbocycles. The zero-order valence-corrected chi connectivity index (χ0v) is 15.7. The highest BCUT2D eigenvalue weighted by atomic mass is 32.1. The topological polar surface area (TPSA) is 71.8 Å². The van der Waals surface area contributed by atoms with E-state index in [1.54, 1.807) is 12.1 Å². The summed E-state index contributed by atoms with van der Waals surface area (Å²) in [6, 6.07) is 10.4. The summed E-state index contributed by atoms with van der Waals surface area (Å²) in [4.78, 5) is 18.0. The predicted octanol–water partition coefficient (Wildman–Crippen LogP) is 3.01. The molecule has 1 aliphatic rings. The quantitative estimate of drug-likeness (QED) is 0.724. The van der Waals surface area contributed by atoms with Crippen molar-refractivity contribution in [3.63, 3.8) is 0 Å². The first-order chi connectivity index (χ1) is 13.1. The van der Waals surface area contributed by atoms with Gasteiger partial charge in [0.2, 0.25) is 5.82 Å². The maximum atomic E-state index is 13.7. The summed E-state index contributed by atoms with van der Waals surface area (Å²) in [7, 11) is 0. The van der Waals surface area contributed by atoms with Crippen molar-refractivity contribution in [2.45, 2.75) is 31.8 Å². The third-order valence-electron chi connectivity index (χ3n) is 4.56. The van der Waals surface area contributed by atoms with Gasteiger partial charge in [0.1, 0.15) is 5.82 Å². The number of amides is 1. The van der Waals surface area contributed by atoms with Crippen LogP contribution in [0.1, 0.15) is 30.4 Å². The second kappa shape index (κ2) is 7.58. The lowest BCUT2D eigenvalue weighted by Crippen LogP contribution is -2.46. The molecule has 3 aromatic rings. The number of carbonyl (C=O) groups excluding carboxylic acids is 1. The van der Waals surface area contributed by atoms with Crippen molar-refractivity contribution in [2.24, 2.45) is 0 Å². The van der Waals surface area contributed by atoms with Crippen LogP contribution in [0.5, 0.6) is 0 Å². The Kier molecular flexibility index (Phi) is 5.00. The van der Waals surface area contributed by atoms with Crippen molar-refractivity contribution < 1.29 is 9.18 Å². The summed E-state index contributed by atoms with van der Waals surface area (Å²) in [6.07, 6.45) is 1.74. The molecule has 1 fully saturated rings. The van der Waals surface area contributed by atoms with Crippen molar-refractivity contribution in [2.75, 3.05) is 6.54 Å². The zero-order valence-electron chi connectivity index (χ0n) is 14.9. The fourth-order valence-electron chi connectivity index (χ4n) is 3.27. The molecule has 2 atom stereocenters. The van der Waals surface area contributed by atoms with Gasteiger partial charge in [-0.1, -0.05) is 12.1 Å². The van der Waals surface area contributed by atoms with Gasteiger partial charge in [-0.3, -0.25) is 4.79 Å². The van der Waals surface area contributed by atoms with Gasteiger partial charge in [0.25, 0.3) is 5.91 Å². The van der Waals surface area contributed by atoms with Crippen LogP contribution in [0.3, 0.4) is 0 Å². The minimum Gasteiger partial charge on any atom is -0.346 e. The van der Waals surface area contributed by atoms with Gasteiger partial charge in [-0.05, 0) is 56.0 Å². The highest BCUT2D eigenvalue weighted by Gasteiger charge is 2.24. The Labute approximate surface area is 160 Å². The molecule has 0 spiro atoms.